The number of nitrogens with one attached hydrogen (secondary N) is 1. The number of fused-ring (bicyclic) bond motifs is 1. The Morgan fingerprint density at radius 3 is 2.82 bits per heavy atom. The standard InChI is InChI=1S/C20H18N2O6/c1-2-11-5-13(15(23)7-17(11)26-9-19(24)25)20-14(8-21-22-20)12-3-4-16-18(6-12)28-10-27-16/h3-8,23H,2,9-10H2,1H3,(H,21,22)(H,24,25). The molecule has 8 heteroatoms. The zero-order valence-electron chi connectivity index (χ0n) is 15.1. The molecule has 2 aromatic carbocycles. The predicted octanol–water partition coefficient (Wildman–Crippen LogP) is 3.20. The third-order valence-electron chi connectivity index (χ3n) is 4.50. The molecular formula is C20H18N2O6. The number of carbonyl (C=O) groups is 1. The van der Waals surface area contributed by atoms with E-state index in [-0.39, 0.29) is 12.5 Å². The molecule has 0 radical (unpaired) electrons. The number of H-pyrrole nitrogens is 1. The number of phenols is 1. The molecule has 0 fully saturated rings. The van der Waals surface area contributed by atoms with Crippen molar-refractivity contribution in [3.8, 4) is 45.4 Å². The monoisotopic (exact) mass is 382 g/mol. The Morgan fingerprint density at radius 1 is 1.21 bits per heavy atom. The van der Waals surface area contributed by atoms with Gasteiger partial charge in [-0.2, -0.15) is 5.10 Å². The molecule has 3 N–H and O–H groups in total. The van der Waals surface area contributed by atoms with Crippen molar-refractivity contribution in [1.29, 1.82) is 0 Å². The van der Waals surface area contributed by atoms with Gasteiger partial charge in [-0.1, -0.05) is 13.0 Å². The second-order valence-corrected chi connectivity index (χ2v) is 6.24. The third-order valence-corrected chi connectivity index (χ3v) is 4.50. The van der Waals surface area contributed by atoms with Crippen LogP contribution in [0.25, 0.3) is 22.4 Å². The number of aromatic nitrogens is 2. The maximum Gasteiger partial charge on any atom is 0.341 e. The number of aromatic amines is 1. The summed E-state index contributed by atoms with van der Waals surface area (Å²) in [6.45, 7) is 1.64. The van der Waals surface area contributed by atoms with E-state index in [1.54, 1.807) is 12.3 Å². The highest BCUT2D eigenvalue weighted by Gasteiger charge is 2.20. The Hall–Kier alpha value is -3.68. The van der Waals surface area contributed by atoms with Gasteiger partial charge in [0.15, 0.2) is 18.1 Å². The van der Waals surface area contributed by atoms with Crippen LogP contribution in [0.1, 0.15) is 12.5 Å². The van der Waals surface area contributed by atoms with Crippen LogP contribution in [-0.2, 0) is 11.2 Å². The number of aryl methyl sites for hydroxylation is 1. The Balaban J connectivity index is 1.74. The molecule has 0 atom stereocenters. The molecule has 8 nitrogen and oxygen atoms in total. The summed E-state index contributed by atoms with van der Waals surface area (Å²) >= 11 is 0. The smallest absolute Gasteiger partial charge is 0.341 e. The van der Waals surface area contributed by atoms with Crippen LogP contribution in [0.3, 0.4) is 0 Å². The second-order valence-electron chi connectivity index (χ2n) is 6.24. The first-order chi connectivity index (χ1) is 13.6. The normalized spacial score (nSPS) is 12.2. The number of ether oxygens (including phenoxy) is 3. The van der Waals surface area contributed by atoms with Crippen molar-refractivity contribution >= 4 is 5.97 Å². The van der Waals surface area contributed by atoms with Crippen LogP contribution < -0.4 is 14.2 Å². The fourth-order valence-electron chi connectivity index (χ4n) is 3.14. The van der Waals surface area contributed by atoms with Crippen molar-refractivity contribution in [3.63, 3.8) is 0 Å². The number of nitrogens with zero attached hydrogens (tertiary/aromatic N) is 1. The molecule has 0 saturated heterocycles. The van der Waals surface area contributed by atoms with Gasteiger partial charge >= 0.3 is 5.97 Å². The zero-order valence-corrected chi connectivity index (χ0v) is 15.1. The average molecular weight is 382 g/mol. The highest BCUT2D eigenvalue weighted by Crippen LogP contribution is 2.41. The molecule has 2 heterocycles. The van der Waals surface area contributed by atoms with Crippen LogP contribution in [0.15, 0.2) is 36.5 Å². The minimum absolute atomic E-state index is 0.0381. The number of aromatic hydroxyl groups is 1. The molecule has 1 aromatic heterocycles. The van der Waals surface area contributed by atoms with Gasteiger partial charge in [-0.3, -0.25) is 5.10 Å². The summed E-state index contributed by atoms with van der Waals surface area (Å²) in [5, 5.41) is 26.4. The molecule has 144 valence electrons. The first-order valence-electron chi connectivity index (χ1n) is 8.71. The van der Waals surface area contributed by atoms with E-state index in [0.29, 0.717) is 34.9 Å². The highest BCUT2D eigenvalue weighted by molar-refractivity contribution is 5.84. The minimum atomic E-state index is -1.08. The van der Waals surface area contributed by atoms with Gasteiger partial charge in [0.25, 0.3) is 0 Å². The fraction of sp³-hybridized carbons (Fsp3) is 0.200. The van der Waals surface area contributed by atoms with Gasteiger partial charge in [-0.15, -0.1) is 0 Å². The minimum Gasteiger partial charge on any atom is -0.507 e. The maximum atomic E-state index is 10.8. The number of hydrogen-bond donors (Lipinski definition) is 3. The van der Waals surface area contributed by atoms with E-state index >= 15 is 0 Å². The lowest BCUT2D eigenvalue weighted by Crippen LogP contribution is -2.10. The highest BCUT2D eigenvalue weighted by atomic mass is 16.7. The molecule has 3 aromatic rings. The van der Waals surface area contributed by atoms with Crippen LogP contribution in [0, 0.1) is 0 Å². The lowest BCUT2D eigenvalue weighted by Gasteiger charge is -2.13. The summed E-state index contributed by atoms with van der Waals surface area (Å²) in [5.74, 6) is 0.564. The van der Waals surface area contributed by atoms with E-state index < -0.39 is 12.6 Å². The number of rotatable bonds is 6. The van der Waals surface area contributed by atoms with Crippen molar-refractivity contribution in [2.24, 2.45) is 0 Å². The lowest BCUT2D eigenvalue weighted by molar-refractivity contribution is -0.139. The van der Waals surface area contributed by atoms with E-state index in [4.69, 9.17) is 19.3 Å². The number of carboxylic acids is 1. The average Bonchev–Trinajstić information content (AvgIpc) is 3.34. The van der Waals surface area contributed by atoms with E-state index in [2.05, 4.69) is 10.2 Å². The van der Waals surface area contributed by atoms with Crippen LogP contribution in [-0.4, -0.2) is 39.8 Å². The Bertz CT molecular complexity index is 1040. The molecule has 0 amide bonds. The van der Waals surface area contributed by atoms with Crippen LogP contribution in [0.2, 0.25) is 0 Å². The molecular weight excluding hydrogens is 364 g/mol. The second kappa shape index (κ2) is 7.15. The van der Waals surface area contributed by atoms with Crippen molar-refractivity contribution < 1.29 is 29.2 Å². The Kier molecular flexibility index (Phi) is 4.52. The number of benzene rings is 2. The summed E-state index contributed by atoms with van der Waals surface area (Å²) < 4.78 is 16.1. The first-order valence-corrected chi connectivity index (χ1v) is 8.71. The topological polar surface area (TPSA) is 114 Å². The quantitative estimate of drug-likeness (QED) is 0.600. The van der Waals surface area contributed by atoms with Crippen LogP contribution in [0.4, 0.5) is 0 Å². The summed E-state index contributed by atoms with van der Waals surface area (Å²) in [7, 11) is 0. The van der Waals surface area contributed by atoms with E-state index in [1.807, 2.05) is 25.1 Å². The fourth-order valence-corrected chi connectivity index (χ4v) is 3.14. The largest absolute Gasteiger partial charge is 0.507 e. The van der Waals surface area contributed by atoms with Crippen LogP contribution in [0.5, 0.6) is 23.0 Å². The molecule has 0 spiro atoms. The van der Waals surface area contributed by atoms with Gasteiger partial charge in [0.05, 0.1) is 11.9 Å². The van der Waals surface area contributed by atoms with E-state index in [0.717, 1.165) is 16.7 Å². The summed E-state index contributed by atoms with van der Waals surface area (Å²) in [6.07, 6.45) is 2.28. The van der Waals surface area contributed by atoms with Crippen LogP contribution >= 0.6 is 0 Å². The van der Waals surface area contributed by atoms with Gasteiger partial charge < -0.3 is 24.4 Å². The molecule has 0 aliphatic carbocycles. The summed E-state index contributed by atoms with van der Waals surface area (Å²) in [4.78, 5) is 10.8. The van der Waals surface area contributed by atoms with Gasteiger partial charge in [-0.05, 0) is 35.7 Å². The van der Waals surface area contributed by atoms with Gasteiger partial charge in [0.2, 0.25) is 6.79 Å². The first kappa shape index (κ1) is 17.7. The summed E-state index contributed by atoms with van der Waals surface area (Å²) in [6, 6.07) is 8.79. The molecule has 0 saturated carbocycles. The third kappa shape index (κ3) is 3.20. The number of carboxylic acid groups (broad SMARTS) is 1. The van der Waals surface area contributed by atoms with E-state index in [1.165, 1.54) is 6.07 Å². The van der Waals surface area contributed by atoms with Crippen molar-refractivity contribution in [1.82, 2.24) is 10.2 Å². The Labute approximate surface area is 160 Å². The molecule has 0 unspecified atom stereocenters. The molecule has 4 rings (SSSR count). The summed E-state index contributed by atoms with van der Waals surface area (Å²) in [5.41, 5.74) is 3.60. The molecule has 28 heavy (non-hydrogen) atoms. The van der Waals surface area contributed by atoms with Crippen molar-refractivity contribution in [3.05, 3.63) is 42.1 Å². The zero-order chi connectivity index (χ0) is 19.7. The number of aliphatic carboxylic acids is 1. The van der Waals surface area contributed by atoms with E-state index in [9.17, 15) is 9.90 Å². The molecule has 1 aliphatic rings. The molecule has 1 aliphatic heterocycles. The molecule has 0 bridgehead atoms. The predicted molar refractivity (Wildman–Crippen MR) is 99.8 cm³/mol. The van der Waals surface area contributed by atoms with Crippen molar-refractivity contribution in [2.45, 2.75) is 13.3 Å². The number of phenolic OH excluding ortho intramolecular Hbond substituents is 1. The van der Waals surface area contributed by atoms with Gasteiger partial charge in [0.1, 0.15) is 11.5 Å². The number of hydrogen-bond acceptors (Lipinski definition) is 6. The maximum absolute atomic E-state index is 10.8. The lowest BCUT2D eigenvalue weighted by atomic mass is 9.98. The van der Waals surface area contributed by atoms with Gasteiger partial charge in [0, 0.05) is 17.2 Å². The van der Waals surface area contributed by atoms with Gasteiger partial charge in [-0.25, -0.2) is 4.79 Å². The SMILES string of the molecule is CCc1cc(-c2[nH]ncc2-c2ccc3c(c2)OCO3)c(O)cc1OCC(=O)O. The van der Waals surface area contributed by atoms with Crippen molar-refractivity contribution in [2.75, 3.05) is 13.4 Å². The Morgan fingerprint density at radius 2 is 2.04 bits per heavy atom.